The van der Waals surface area contributed by atoms with Gasteiger partial charge in [-0.25, -0.2) is 0 Å². The molecule has 1 aromatic carbocycles. The molecular formula is C18H24ClF3N2O. The number of alkyl halides is 3. The first kappa shape index (κ1) is 20.0. The number of benzene rings is 1. The Bertz CT molecular complexity index is 563. The highest BCUT2D eigenvalue weighted by Crippen LogP contribution is 2.29. The van der Waals surface area contributed by atoms with Crippen molar-refractivity contribution < 1.29 is 18.0 Å². The number of rotatable bonds is 3. The largest absolute Gasteiger partial charge is 0.416 e. The maximum atomic E-state index is 12.6. The van der Waals surface area contributed by atoms with Gasteiger partial charge in [0.05, 0.1) is 12.0 Å². The topological polar surface area (TPSA) is 32.3 Å². The number of hydrogen-bond acceptors (Lipinski definition) is 2. The first-order chi connectivity index (χ1) is 11.4. The lowest BCUT2D eigenvalue weighted by atomic mass is 9.88. The van der Waals surface area contributed by atoms with Crippen molar-refractivity contribution in [3.8, 4) is 0 Å². The van der Waals surface area contributed by atoms with Crippen LogP contribution in [0, 0.1) is 5.92 Å². The fraction of sp³-hybridized carbons (Fsp3) is 0.611. The maximum absolute atomic E-state index is 12.6. The third-order valence-electron chi connectivity index (χ3n) is 5.20. The van der Waals surface area contributed by atoms with Crippen LogP contribution in [0.2, 0.25) is 0 Å². The van der Waals surface area contributed by atoms with Crippen molar-refractivity contribution in [3.05, 3.63) is 35.4 Å². The Hall–Kier alpha value is -1.27. The van der Waals surface area contributed by atoms with Gasteiger partial charge in [-0.05, 0) is 55.8 Å². The van der Waals surface area contributed by atoms with Gasteiger partial charge in [0, 0.05) is 19.1 Å². The summed E-state index contributed by atoms with van der Waals surface area (Å²) in [6.07, 6.45) is 0.317. The Morgan fingerprint density at radius 3 is 2.28 bits per heavy atom. The van der Waals surface area contributed by atoms with Crippen molar-refractivity contribution in [1.82, 2.24) is 10.2 Å². The molecule has 0 bridgehead atoms. The number of piperidine rings is 1. The van der Waals surface area contributed by atoms with Gasteiger partial charge < -0.3 is 10.2 Å². The molecule has 1 N–H and O–H groups in total. The van der Waals surface area contributed by atoms with E-state index in [0.29, 0.717) is 17.5 Å². The van der Waals surface area contributed by atoms with Crippen LogP contribution in [0.15, 0.2) is 24.3 Å². The molecule has 1 atom stereocenters. The molecule has 2 aliphatic heterocycles. The minimum absolute atomic E-state index is 0. The highest BCUT2D eigenvalue weighted by Gasteiger charge is 2.31. The van der Waals surface area contributed by atoms with E-state index in [0.717, 1.165) is 44.6 Å². The molecule has 2 heterocycles. The van der Waals surface area contributed by atoms with Crippen LogP contribution >= 0.6 is 12.4 Å². The van der Waals surface area contributed by atoms with Crippen molar-refractivity contribution in [2.24, 2.45) is 5.92 Å². The normalized spacial score (nSPS) is 21.9. The zero-order valence-electron chi connectivity index (χ0n) is 14.0. The molecule has 2 aliphatic rings. The van der Waals surface area contributed by atoms with E-state index in [1.807, 2.05) is 4.90 Å². The monoisotopic (exact) mass is 376 g/mol. The predicted octanol–water partition coefficient (Wildman–Crippen LogP) is 3.66. The molecular weight excluding hydrogens is 353 g/mol. The summed E-state index contributed by atoms with van der Waals surface area (Å²) in [5.74, 6) is 0.648. The van der Waals surface area contributed by atoms with Gasteiger partial charge in [-0.15, -0.1) is 12.4 Å². The van der Waals surface area contributed by atoms with Gasteiger partial charge in [0.25, 0.3) is 0 Å². The minimum Gasteiger partial charge on any atom is -0.342 e. The molecule has 1 amide bonds. The summed E-state index contributed by atoms with van der Waals surface area (Å²) < 4.78 is 37.7. The van der Waals surface area contributed by atoms with Crippen LogP contribution in [0.3, 0.4) is 0 Å². The smallest absolute Gasteiger partial charge is 0.342 e. The number of halogens is 4. The Morgan fingerprint density at radius 1 is 1.12 bits per heavy atom. The second-order valence-corrected chi connectivity index (χ2v) is 6.79. The van der Waals surface area contributed by atoms with Crippen LogP contribution in [0.1, 0.15) is 36.8 Å². The van der Waals surface area contributed by atoms with Crippen molar-refractivity contribution >= 4 is 18.3 Å². The third kappa shape index (κ3) is 5.11. The summed E-state index contributed by atoms with van der Waals surface area (Å²) in [5.41, 5.74) is -0.0452. The van der Waals surface area contributed by atoms with Crippen molar-refractivity contribution in [1.29, 1.82) is 0 Å². The highest BCUT2D eigenvalue weighted by atomic mass is 35.5. The van der Waals surface area contributed by atoms with Gasteiger partial charge in [0.1, 0.15) is 0 Å². The predicted molar refractivity (Wildman–Crippen MR) is 92.7 cm³/mol. The molecule has 0 radical (unpaired) electrons. The molecule has 3 nitrogen and oxygen atoms in total. The lowest BCUT2D eigenvalue weighted by Crippen LogP contribution is -2.43. The molecule has 1 aromatic rings. The molecule has 25 heavy (non-hydrogen) atoms. The van der Waals surface area contributed by atoms with Crippen molar-refractivity contribution in [3.63, 3.8) is 0 Å². The average Bonchev–Trinajstić information content (AvgIpc) is 3.09. The summed E-state index contributed by atoms with van der Waals surface area (Å²) in [7, 11) is 0. The summed E-state index contributed by atoms with van der Waals surface area (Å²) >= 11 is 0. The van der Waals surface area contributed by atoms with E-state index >= 15 is 0 Å². The molecule has 0 saturated carbocycles. The molecule has 2 saturated heterocycles. The van der Waals surface area contributed by atoms with Crippen LogP contribution < -0.4 is 5.32 Å². The van der Waals surface area contributed by atoms with E-state index in [2.05, 4.69) is 5.32 Å². The van der Waals surface area contributed by atoms with E-state index in [4.69, 9.17) is 0 Å². The number of amides is 1. The number of nitrogens with one attached hydrogen (secondary N) is 1. The summed E-state index contributed by atoms with van der Waals surface area (Å²) in [6.45, 7) is 2.60. The highest BCUT2D eigenvalue weighted by molar-refractivity contribution is 5.85. The van der Waals surface area contributed by atoms with Gasteiger partial charge >= 0.3 is 6.18 Å². The fourth-order valence-corrected chi connectivity index (χ4v) is 3.76. The van der Waals surface area contributed by atoms with E-state index in [9.17, 15) is 18.0 Å². The van der Waals surface area contributed by atoms with Crippen molar-refractivity contribution in [2.45, 2.75) is 44.3 Å². The zero-order chi connectivity index (χ0) is 17.2. The lowest BCUT2D eigenvalue weighted by molar-refractivity contribution is -0.137. The van der Waals surface area contributed by atoms with Gasteiger partial charge in [-0.1, -0.05) is 12.1 Å². The summed E-state index contributed by atoms with van der Waals surface area (Å²) in [5, 5.41) is 3.53. The van der Waals surface area contributed by atoms with E-state index < -0.39 is 11.7 Å². The van der Waals surface area contributed by atoms with Crippen LogP contribution in [0.25, 0.3) is 0 Å². The number of carbonyl (C=O) groups excluding carboxylic acids is 1. The maximum Gasteiger partial charge on any atom is 0.416 e. The Labute approximate surface area is 152 Å². The molecule has 0 spiro atoms. The first-order valence-electron chi connectivity index (χ1n) is 8.61. The van der Waals surface area contributed by atoms with Gasteiger partial charge in [-0.2, -0.15) is 13.2 Å². The summed E-state index contributed by atoms with van der Waals surface area (Å²) in [6, 6.07) is 5.48. The quantitative estimate of drug-likeness (QED) is 0.873. The minimum atomic E-state index is -4.33. The number of hydrogen-bond donors (Lipinski definition) is 1. The molecule has 3 rings (SSSR count). The lowest BCUT2D eigenvalue weighted by Gasteiger charge is -2.35. The van der Waals surface area contributed by atoms with E-state index in [1.54, 1.807) is 0 Å². The fourth-order valence-electron chi connectivity index (χ4n) is 3.76. The van der Waals surface area contributed by atoms with Gasteiger partial charge in [-0.3, -0.25) is 4.79 Å². The Balaban J connectivity index is 0.00000225. The molecule has 140 valence electrons. The van der Waals surface area contributed by atoms with Crippen LogP contribution in [-0.2, 0) is 17.4 Å². The standard InChI is InChI=1S/C18H23F3N2O.ClH/c19-18(20,21)15-5-3-13(4-6-15)12-17(24)23-10-7-14(8-11-23)16-2-1-9-22-16;/h3-6,14,16,22H,1-2,7-12H2;1H. The summed E-state index contributed by atoms with van der Waals surface area (Å²) in [4.78, 5) is 14.2. The zero-order valence-corrected chi connectivity index (χ0v) is 14.8. The SMILES string of the molecule is Cl.O=C(Cc1ccc(C(F)(F)F)cc1)N1CCC(C2CCCN2)CC1. The molecule has 0 aliphatic carbocycles. The molecule has 1 unspecified atom stereocenters. The second-order valence-electron chi connectivity index (χ2n) is 6.79. The van der Waals surface area contributed by atoms with Crippen LogP contribution in [0.5, 0.6) is 0 Å². The molecule has 7 heteroatoms. The van der Waals surface area contributed by atoms with Crippen LogP contribution in [-0.4, -0.2) is 36.5 Å². The van der Waals surface area contributed by atoms with Crippen LogP contribution in [0.4, 0.5) is 13.2 Å². The Morgan fingerprint density at radius 2 is 1.76 bits per heavy atom. The number of nitrogens with zero attached hydrogens (tertiary/aromatic N) is 1. The van der Waals surface area contributed by atoms with E-state index in [1.165, 1.54) is 25.0 Å². The number of likely N-dealkylation sites (tertiary alicyclic amines) is 1. The van der Waals surface area contributed by atoms with Gasteiger partial charge in [0.2, 0.25) is 5.91 Å². The molecule has 0 aromatic heterocycles. The van der Waals surface area contributed by atoms with Gasteiger partial charge in [0.15, 0.2) is 0 Å². The first-order valence-corrected chi connectivity index (χ1v) is 8.61. The van der Waals surface area contributed by atoms with Crippen molar-refractivity contribution in [2.75, 3.05) is 19.6 Å². The average molecular weight is 377 g/mol. The molecule has 2 fully saturated rings. The number of carbonyl (C=O) groups is 1. The third-order valence-corrected chi connectivity index (χ3v) is 5.20. The second kappa shape index (κ2) is 8.41. The Kier molecular flexibility index (Phi) is 6.74. The van der Waals surface area contributed by atoms with E-state index in [-0.39, 0.29) is 24.7 Å².